The molecule has 0 aliphatic carbocycles. The zero-order chi connectivity index (χ0) is 20.1. The zero-order valence-corrected chi connectivity index (χ0v) is 17.6. The number of anilines is 2. The van der Waals surface area contributed by atoms with Crippen LogP contribution in [0.1, 0.15) is 50.6 Å². The van der Waals surface area contributed by atoms with Gasteiger partial charge in [0, 0.05) is 24.3 Å². The van der Waals surface area contributed by atoms with Crippen molar-refractivity contribution < 1.29 is 0 Å². The first-order chi connectivity index (χ1) is 12.7. The molecule has 0 saturated carbocycles. The van der Waals surface area contributed by atoms with Gasteiger partial charge in [-0.15, -0.1) is 0 Å². The number of hydrogen-bond donors (Lipinski definition) is 2. The predicted molar refractivity (Wildman–Crippen MR) is 117 cm³/mol. The van der Waals surface area contributed by atoms with E-state index in [-0.39, 0.29) is 0 Å². The molecule has 0 unspecified atom stereocenters. The van der Waals surface area contributed by atoms with Crippen LogP contribution in [0, 0.1) is 0 Å². The highest BCUT2D eigenvalue weighted by molar-refractivity contribution is 5.80. The van der Waals surface area contributed by atoms with E-state index in [9.17, 15) is 0 Å². The van der Waals surface area contributed by atoms with Crippen molar-refractivity contribution in [2.45, 2.75) is 40.0 Å². The van der Waals surface area contributed by atoms with Crippen LogP contribution in [0.25, 0.3) is 16.8 Å². The van der Waals surface area contributed by atoms with E-state index >= 15 is 0 Å². The van der Waals surface area contributed by atoms with Gasteiger partial charge in [-0.25, -0.2) is 9.97 Å². The number of aryl methyl sites for hydroxylation is 1. The van der Waals surface area contributed by atoms with Crippen molar-refractivity contribution >= 4 is 17.1 Å². The second-order valence-corrected chi connectivity index (χ2v) is 7.58. The summed E-state index contributed by atoms with van der Waals surface area (Å²) in [6, 6.07) is 6.24. The molecule has 2 aromatic rings. The molecule has 0 saturated heterocycles. The fraction of sp³-hybridized carbons (Fsp3) is 0.455. The van der Waals surface area contributed by atoms with Gasteiger partial charge in [0.2, 0.25) is 0 Å². The topological polar surface area (TPSA) is 67.1 Å². The van der Waals surface area contributed by atoms with Crippen molar-refractivity contribution in [1.82, 2.24) is 14.9 Å². The fourth-order valence-corrected chi connectivity index (χ4v) is 2.94. The summed E-state index contributed by atoms with van der Waals surface area (Å²) in [5.41, 5.74) is 12.6. The van der Waals surface area contributed by atoms with E-state index in [2.05, 4.69) is 63.8 Å². The van der Waals surface area contributed by atoms with Gasteiger partial charge >= 0.3 is 0 Å². The van der Waals surface area contributed by atoms with E-state index in [1.807, 2.05) is 13.0 Å². The molecule has 0 aliphatic heterocycles. The number of nitrogen functional groups attached to an aromatic ring is 1. The minimum absolute atomic E-state index is 0.365. The van der Waals surface area contributed by atoms with Gasteiger partial charge in [0.05, 0.1) is 17.1 Å². The smallest absolute Gasteiger partial charge is 0.135 e. The molecular formula is C22H33N5. The maximum absolute atomic E-state index is 6.20. The van der Waals surface area contributed by atoms with Crippen molar-refractivity contribution in [2.24, 2.45) is 0 Å². The molecule has 0 atom stereocenters. The molecule has 2 rings (SSSR count). The van der Waals surface area contributed by atoms with Gasteiger partial charge in [-0.3, -0.25) is 0 Å². The van der Waals surface area contributed by atoms with E-state index < -0.39 is 0 Å². The van der Waals surface area contributed by atoms with E-state index in [1.54, 1.807) is 0 Å². The quantitative estimate of drug-likeness (QED) is 0.723. The van der Waals surface area contributed by atoms with Crippen molar-refractivity contribution in [2.75, 3.05) is 38.2 Å². The molecule has 5 nitrogen and oxygen atoms in total. The Bertz CT molecular complexity index is 809. The summed E-state index contributed by atoms with van der Waals surface area (Å²) < 4.78 is 0. The molecule has 0 amide bonds. The van der Waals surface area contributed by atoms with Crippen molar-refractivity contribution in [1.29, 1.82) is 0 Å². The van der Waals surface area contributed by atoms with E-state index in [4.69, 9.17) is 15.7 Å². The molecule has 0 spiro atoms. The van der Waals surface area contributed by atoms with Gasteiger partial charge in [-0.1, -0.05) is 27.4 Å². The van der Waals surface area contributed by atoms with Gasteiger partial charge in [-0.2, -0.15) is 0 Å². The van der Waals surface area contributed by atoms with E-state index in [1.165, 1.54) is 0 Å². The van der Waals surface area contributed by atoms with E-state index in [0.29, 0.717) is 11.6 Å². The Balaban J connectivity index is 2.58. The molecule has 2 heterocycles. The number of aromatic nitrogens is 2. The van der Waals surface area contributed by atoms with Crippen LogP contribution in [0.15, 0.2) is 24.8 Å². The van der Waals surface area contributed by atoms with Crippen LogP contribution in [0.2, 0.25) is 0 Å². The van der Waals surface area contributed by atoms with Crippen LogP contribution in [-0.2, 0) is 6.42 Å². The number of hydrogen-bond acceptors (Lipinski definition) is 5. The molecule has 0 aromatic carbocycles. The number of allylic oxidation sites excluding steroid dienone is 1. The monoisotopic (exact) mass is 367 g/mol. The fourth-order valence-electron chi connectivity index (χ4n) is 2.94. The Hall–Kier alpha value is -2.40. The lowest BCUT2D eigenvalue weighted by atomic mass is 10.00. The first-order valence-electron chi connectivity index (χ1n) is 9.59. The molecule has 0 aliphatic rings. The molecule has 0 fully saturated rings. The maximum atomic E-state index is 6.20. The highest BCUT2D eigenvalue weighted by atomic mass is 15.1. The summed E-state index contributed by atoms with van der Waals surface area (Å²) in [5, 5.41) is 3.51. The van der Waals surface area contributed by atoms with Crippen LogP contribution in [0.3, 0.4) is 0 Å². The lowest BCUT2D eigenvalue weighted by Crippen LogP contribution is -2.21. The third kappa shape index (κ3) is 5.07. The molecule has 2 aromatic heterocycles. The number of pyridine rings is 2. The zero-order valence-electron chi connectivity index (χ0n) is 17.6. The van der Waals surface area contributed by atoms with Crippen molar-refractivity contribution in [3.8, 4) is 11.3 Å². The largest absolute Gasteiger partial charge is 0.397 e. The first kappa shape index (κ1) is 20.9. The third-order valence-corrected chi connectivity index (χ3v) is 4.53. The predicted octanol–water partition coefficient (Wildman–Crippen LogP) is 4.42. The summed E-state index contributed by atoms with van der Waals surface area (Å²) in [6.07, 6.45) is 0.853. The lowest BCUT2D eigenvalue weighted by Gasteiger charge is -2.18. The Kier molecular flexibility index (Phi) is 6.97. The molecule has 3 N–H and O–H groups in total. The van der Waals surface area contributed by atoms with Crippen LogP contribution >= 0.6 is 0 Å². The molecule has 27 heavy (non-hydrogen) atoms. The molecule has 5 heteroatoms. The summed E-state index contributed by atoms with van der Waals surface area (Å²) in [5.74, 6) is 1.24. The average Bonchev–Trinajstić information content (AvgIpc) is 2.60. The first-order valence-corrected chi connectivity index (χ1v) is 9.59. The molecule has 0 bridgehead atoms. The van der Waals surface area contributed by atoms with Crippen LogP contribution < -0.4 is 11.1 Å². The van der Waals surface area contributed by atoms with Crippen LogP contribution in [0.5, 0.6) is 0 Å². The van der Waals surface area contributed by atoms with Gasteiger partial charge in [0.1, 0.15) is 5.82 Å². The van der Waals surface area contributed by atoms with Crippen molar-refractivity contribution in [3.05, 3.63) is 41.7 Å². The van der Waals surface area contributed by atoms with Crippen LogP contribution in [-0.4, -0.2) is 42.1 Å². The Morgan fingerprint density at radius 1 is 1.26 bits per heavy atom. The summed E-state index contributed by atoms with van der Waals surface area (Å²) >= 11 is 0. The minimum atomic E-state index is 0.365. The Labute approximate surface area is 163 Å². The van der Waals surface area contributed by atoms with Gasteiger partial charge in [0.15, 0.2) is 0 Å². The standard InChI is InChI=1S/C22H33N5/c1-8-16-13-18(23)20(15(4)5)26-21(16)17-9-10-19(14(2)3)25-22(17)24-11-12-27(6)7/h9-10,13-14H,4,8,11-12,23H2,1-3,5-7H3,(H,24,25). The maximum Gasteiger partial charge on any atom is 0.135 e. The van der Waals surface area contributed by atoms with Gasteiger partial charge in [0.25, 0.3) is 0 Å². The second-order valence-electron chi connectivity index (χ2n) is 7.58. The minimum Gasteiger partial charge on any atom is -0.397 e. The van der Waals surface area contributed by atoms with E-state index in [0.717, 1.165) is 59.1 Å². The molecule has 146 valence electrons. The molecular weight excluding hydrogens is 334 g/mol. The Morgan fingerprint density at radius 2 is 1.96 bits per heavy atom. The normalized spacial score (nSPS) is 11.3. The Morgan fingerprint density at radius 3 is 2.52 bits per heavy atom. The number of likely N-dealkylation sites (N-methyl/N-ethyl adjacent to an activating group) is 1. The number of nitrogens with zero attached hydrogens (tertiary/aromatic N) is 3. The SMILES string of the molecule is C=C(C)c1nc(-c2ccc(C(C)C)nc2NCCN(C)C)c(CC)cc1N. The summed E-state index contributed by atoms with van der Waals surface area (Å²) in [7, 11) is 4.13. The number of nitrogens with two attached hydrogens (primary N) is 1. The second kappa shape index (κ2) is 9.00. The van der Waals surface area contributed by atoms with Crippen LogP contribution in [0.4, 0.5) is 11.5 Å². The summed E-state index contributed by atoms with van der Waals surface area (Å²) in [4.78, 5) is 11.9. The molecule has 0 radical (unpaired) electrons. The summed E-state index contributed by atoms with van der Waals surface area (Å²) in [6.45, 7) is 14.1. The highest BCUT2D eigenvalue weighted by Crippen LogP contribution is 2.33. The third-order valence-electron chi connectivity index (χ3n) is 4.53. The van der Waals surface area contributed by atoms with Gasteiger partial charge < -0.3 is 16.0 Å². The van der Waals surface area contributed by atoms with Crippen molar-refractivity contribution in [3.63, 3.8) is 0 Å². The van der Waals surface area contributed by atoms with Gasteiger partial charge in [-0.05, 0) is 62.7 Å². The lowest BCUT2D eigenvalue weighted by molar-refractivity contribution is 0.425. The number of rotatable bonds is 8. The number of nitrogens with one attached hydrogen (secondary N) is 1. The average molecular weight is 368 g/mol. The highest BCUT2D eigenvalue weighted by Gasteiger charge is 2.17.